The third-order valence-corrected chi connectivity index (χ3v) is 4.34. The van der Waals surface area contributed by atoms with Gasteiger partial charge in [0, 0.05) is 18.3 Å². The molecule has 88 valence electrons. The number of nitrogen functional groups attached to an aromatic ring is 1. The monoisotopic (exact) mass is 229 g/mol. The molecule has 0 aromatic carbocycles. The summed E-state index contributed by atoms with van der Waals surface area (Å²) in [7, 11) is 0. The van der Waals surface area contributed by atoms with Gasteiger partial charge in [0.05, 0.1) is 0 Å². The molecule has 2 saturated carbocycles. The topological polar surface area (TPSA) is 69.1 Å². The number of hydrogen-bond acceptors (Lipinski definition) is 4. The standard InChI is InChI=1S/C12H15N5/c13-10-12-16-15-11(17(12)6-5-14-10)9-7-3-1-2-4-8(7)9/h5-9H,1-4H2,(H2,13,14)/t7-,8+,9-. The van der Waals surface area contributed by atoms with Gasteiger partial charge < -0.3 is 5.73 Å². The van der Waals surface area contributed by atoms with E-state index in [4.69, 9.17) is 5.73 Å². The maximum Gasteiger partial charge on any atom is 0.203 e. The molecule has 0 saturated heterocycles. The second-order valence-corrected chi connectivity index (χ2v) is 5.20. The molecule has 0 spiro atoms. The van der Waals surface area contributed by atoms with Crippen molar-refractivity contribution in [2.75, 3.05) is 5.73 Å². The zero-order chi connectivity index (χ0) is 11.4. The molecule has 0 unspecified atom stereocenters. The van der Waals surface area contributed by atoms with Gasteiger partial charge in [0.15, 0.2) is 5.82 Å². The zero-order valence-electron chi connectivity index (χ0n) is 9.58. The van der Waals surface area contributed by atoms with Gasteiger partial charge >= 0.3 is 0 Å². The van der Waals surface area contributed by atoms with Crippen LogP contribution in [0, 0.1) is 11.8 Å². The van der Waals surface area contributed by atoms with Crippen molar-refractivity contribution in [3.8, 4) is 0 Å². The van der Waals surface area contributed by atoms with Crippen molar-refractivity contribution in [3.63, 3.8) is 0 Å². The first-order valence-electron chi connectivity index (χ1n) is 6.31. The van der Waals surface area contributed by atoms with Crippen LogP contribution in [0.25, 0.3) is 5.65 Å². The fourth-order valence-corrected chi connectivity index (χ4v) is 3.47. The fraction of sp³-hybridized carbons (Fsp3) is 0.583. The molecule has 2 aliphatic carbocycles. The average molecular weight is 229 g/mol. The first kappa shape index (κ1) is 9.39. The third kappa shape index (κ3) is 1.22. The summed E-state index contributed by atoms with van der Waals surface area (Å²) in [6.45, 7) is 0. The number of rotatable bonds is 1. The fourth-order valence-electron chi connectivity index (χ4n) is 3.47. The highest BCUT2D eigenvalue weighted by Crippen LogP contribution is 2.60. The highest BCUT2D eigenvalue weighted by atomic mass is 15.3. The van der Waals surface area contributed by atoms with Crippen molar-refractivity contribution in [2.24, 2.45) is 11.8 Å². The van der Waals surface area contributed by atoms with E-state index in [2.05, 4.69) is 15.2 Å². The van der Waals surface area contributed by atoms with E-state index in [9.17, 15) is 0 Å². The molecule has 3 atom stereocenters. The number of nitrogens with two attached hydrogens (primary N) is 1. The number of nitrogens with zero attached hydrogens (tertiary/aromatic N) is 4. The van der Waals surface area contributed by atoms with E-state index in [-0.39, 0.29) is 0 Å². The van der Waals surface area contributed by atoms with Crippen LogP contribution in [0.2, 0.25) is 0 Å². The van der Waals surface area contributed by atoms with Crippen molar-refractivity contribution in [1.82, 2.24) is 19.6 Å². The first-order chi connectivity index (χ1) is 8.36. The van der Waals surface area contributed by atoms with Gasteiger partial charge in [-0.2, -0.15) is 0 Å². The minimum absolute atomic E-state index is 0.467. The second kappa shape index (κ2) is 3.18. The van der Waals surface area contributed by atoms with Gasteiger partial charge in [-0.3, -0.25) is 4.40 Å². The van der Waals surface area contributed by atoms with Crippen LogP contribution in [0.5, 0.6) is 0 Å². The molecular weight excluding hydrogens is 214 g/mol. The van der Waals surface area contributed by atoms with Crippen LogP contribution in [0.15, 0.2) is 12.4 Å². The molecule has 2 heterocycles. The molecule has 0 amide bonds. The molecule has 5 nitrogen and oxygen atoms in total. The largest absolute Gasteiger partial charge is 0.381 e. The van der Waals surface area contributed by atoms with Gasteiger partial charge in [-0.25, -0.2) is 4.98 Å². The summed E-state index contributed by atoms with van der Waals surface area (Å²) < 4.78 is 2.02. The molecule has 2 N–H and O–H groups in total. The minimum Gasteiger partial charge on any atom is -0.381 e. The zero-order valence-corrected chi connectivity index (χ0v) is 9.58. The molecule has 0 radical (unpaired) electrons. The molecule has 0 bridgehead atoms. The molecule has 0 aliphatic heterocycles. The van der Waals surface area contributed by atoms with E-state index in [0.717, 1.165) is 17.7 Å². The van der Waals surface area contributed by atoms with Crippen LogP contribution in [-0.2, 0) is 0 Å². The molecule has 2 fully saturated rings. The van der Waals surface area contributed by atoms with E-state index in [1.807, 2.05) is 10.6 Å². The lowest BCUT2D eigenvalue weighted by molar-refractivity contribution is 0.480. The average Bonchev–Trinajstić information content (AvgIpc) is 2.92. The summed E-state index contributed by atoms with van der Waals surface area (Å²) in [5.41, 5.74) is 6.50. The van der Waals surface area contributed by atoms with Crippen LogP contribution in [-0.4, -0.2) is 19.6 Å². The van der Waals surface area contributed by atoms with Crippen molar-refractivity contribution in [3.05, 3.63) is 18.2 Å². The summed E-state index contributed by atoms with van der Waals surface area (Å²) in [5, 5.41) is 8.50. The minimum atomic E-state index is 0.467. The number of fused-ring (bicyclic) bond motifs is 2. The van der Waals surface area contributed by atoms with Crippen LogP contribution in [0.1, 0.15) is 37.4 Å². The Bertz CT molecular complexity index is 563. The van der Waals surface area contributed by atoms with E-state index in [1.165, 1.54) is 25.7 Å². The van der Waals surface area contributed by atoms with Crippen LogP contribution >= 0.6 is 0 Å². The third-order valence-electron chi connectivity index (χ3n) is 4.34. The summed E-state index contributed by atoms with van der Waals surface area (Å²) in [6, 6.07) is 0. The molecule has 4 rings (SSSR count). The Balaban J connectivity index is 1.80. The van der Waals surface area contributed by atoms with E-state index >= 15 is 0 Å². The quantitative estimate of drug-likeness (QED) is 0.806. The van der Waals surface area contributed by atoms with Crippen LogP contribution in [0.4, 0.5) is 5.82 Å². The Hall–Kier alpha value is -1.65. The predicted molar refractivity (Wildman–Crippen MR) is 63.4 cm³/mol. The molecule has 17 heavy (non-hydrogen) atoms. The SMILES string of the molecule is Nc1nccn2c([C@@H]3[C@@H]4CCCC[C@@H]43)nnc12. The van der Waals surface area contributed by atoms with Gasteiger partial charge in [0.1, 0.15) is 5.82 Å². The maximum atomic E-state index is 5.80. The van der Waals surface area contributed by atoms with Crippen molar-refractivity contribution < 1.29 is 0 Å². The second-order valence-electron chi connectivity index (χ2n) is 5.20. The number of hydrogen-bond donors (Lipinski definition) is 1. The number of anilines is 1. The smallest absolute Gasteiger partial charge is 0.203 e. The normalized spacial score (nSPS) is 31.4. The van der Waals surface area contributed by atoms with Crippen LogP contribution < -0.4 is 5.73 Å². The van der Waals surface area contributed by atoms with E-state index in [0.29, 0.717) is 17.4 Å². The number of aromatic nitrogens is 4. The molecular formula is C12H15N5. The Morgan fingerprint density at radius 3 is 2.71 bits per heavy atom. The van der Waals surface area contributed by atoms with Crippen molar-refractivity contribution in [2.45, 2.75) is 31.6 Å². The summed E-state index contributed by atoms with van der Waals surface area (Å²) >= 11 is 0. The van der Waals surface area contributed by atoms with Crippen molar-refractivity contribution in [1.29, 1.82) is 0 Å². The van der Waals surface area contributed by atoms with Gasteiger partial charge in [0.2, 0.25) is 5.65 Å². The molecule has 2 aromatic heterocycles. The molecule has 5 heteroatoms. The van der Waals surface area contributed by atoms with Gasteiger partial charge in [-0.15, -0.1) is 10.2 Å². The Labute approximate surface area is 99.1 Å². The van der Waals surface area contributed by atoms with Crippen LogP contribution in [0.3, 0.4) is 0 Å². The molecule has 2 aromatic rings. The Morgan fingerprint density at radius 2 is 1.94 bits per heavy atom. The lowest BCUT2D eigenvalue weighted by Crippen LogP contribution is -1.98. The van der Waals surface area contributed by atoms with Gasteiger partial charge in [0.25, 0.3) is 0 Å². The first-order valence-corrected chi connectivity index (χ1v) is 6.31. The van der Waals surface area contributed by atoms with Gasteiger partial charge in [-0.1, -0.05) is 12.8 Å². The maximum absolute atomic E-state index is 5.80. The highest BCUT2D eigenvalue weighted by Gasteiger charge is 2.53. The van der Waals surface area contributed by atoms with E-state index < -0.39 is 0 Å². The summed E-state index contributed by atoms with van der Waals surface area (Å²) in [4.78, 5) is 4.05. The lowest BCUT2D eigenvalue weighted by Gasteiger charge is -2.04. The van der Waals surface area contributed by atoms with Crippen molar-refractivity contribution >= 4 is 11.5 Å². The lowest BCUT2D eigenvalue weighted by atomic mass is 10.0. The van der Waals surface area contributed by atoms with Gasteiger partial charge in [-0.05, 0) is 24.7 Å². The Kier molecular flexibility index (Phi) is 1.76. The van der Waals surface area contributed by atoms with E-state index in [1.54, 1.807) is 6.20 Å². The predicted octanol–water partition coefficient (Wildman–Crippen LogP) is 1.61. The molecule has 2 aliphatic rings. The summed E-state index contributed by atoms with van der Waals surface area (Å²) in [6.07, 6.45) is 9.10. The highest BCUT2D eigenvalue weighted by molar-refractivity contribution is 5.58. The Morgan fingerprint density at radius 1 is 1.18 bits per heavy atom. The summed E-state index contributed by atoms with van der Waals surface area (Å²) in [5.74, 6) is 3.84.